The second-order valence-electron chi connectivity index (χ2n) is 6.04. The summed E-state index contributed by atoms with van der Waals surface area (Å²) in [6.45, 7) is 8.94. The Hall–Kier alpha value is -1.83. The van der Waals surface area contributed by atoms with Crippen molar-refractivity contribution >= 4 is 5.97 Å². The molecular formula is C19H26O4. The van der Waals surface area contributed by atoms with Crippen molar-refractivity contribution in [2.75, 3.05) is 6.61 Å². The lowest BCUT2D eigenvalue weighted by molar-refractivity contribution is -0.164. The highest BCUT2D eigenvalue weighted by Gasteiger charge is 2.39. The average Bonchev–Trinajstić information content (AvgIpc) is 2.52. The van der Waals surface area contributed by atoms with Gasteiger partial charge in [-0.15, -0.1) is 0 Å². The molecule has 0 amide bonds. The molecule has 1 aromatic carbocycles. The van der Waals surface area contributed by atoms with Crippen LogP contribution in [0, 0.1) is 17.3 Å². The third-order valence-electron chi connectivity index (χ3n) is 3.61. The summed E-state index contributed by atoms with van der Waals surface area (Å²) in [6, 6.07) is 9.49. The SMILES string of the molecule is CCOC(=O)C(C)(C)[C@H](C#Cc1ccccc1)O[C@H](C)[C@@H](C)O. The Morgan fingerprint density at radius 2 is 1.87 bits per heavy atom. The number of ether oxygens (including phenoxy) is 2. The number of carbonyl (C=O) groups excluding carboxylic acids is 1. The third kappa shape index (κ3) is 5.70. The van der Waals surface area contributed by atoms with E-state index in [-0.39, 0.29) is 5.97 Å². The molecule has 0 aliphatic carbocycles. The first kappa shape index (κ1) is 19.2. The number of aliphatic hydroxyl groups excluding tert-OH is 1. The second-order valence-corrected chi connectivity index (χ2v) is 6.04. The lowest BCUT2D eigenvalue weighted by Crippen LogP contribution is -2.42. The summed E-state index contributed by atoms with van der Waals surface area (Å²) in [4.78, 5) is 12.2. The van der Waals surface area contributed by atoms with E-state index in [0.717, 1.165) is 5.56 Å². The van der Waals surface area contributed by atoms with Gasteiger partial charge >= 0.3 is 5.97 Å². The molecule has 4 nitrogen and oxygen atoms in total. The minimum atomic E-state index is -0.944. The van der Waals surface area contributed by atoms with Crippen molar-refractivity contribution in [2.45, 2.75) is 52.9 Å². The van der Waals surface area contributed by atoms with Crippen molar-refractivity contribution in [3.63, 3.8) is 0 Å². The van der Waals surface area contributed by atoms with E-state index in [2.05, 4.69) is 11.8 Å². The first-order valence-corrected chi connectivity index (χ1v) is 7.86. The van der Waals surface area contributed by atoms with Crippen molar-refractivity contribution in [1.29, 1.82) is 0 Å². The Balaban J connectivity index is 3.07. The van der Waals surface area contributed by atoms with Crippen LogP contribution in [0.3, 0.4) is 0 Å². The van der Waals surface area contributed by atoms with E-state index in [9.17, 15) is 9.90 Å². The van der Waals surface area contributed by atoms with Gasteiger partial charge in [0, 0.05) is 5.56 Å². The van der Waals surface area contributed by atoms with E-state index in [1.54, 1.807) is 34.6 Å². The molecule has 0 radical (unpaired) electrons. The molecule has 1 rings (SSSR count). The monoisotopic (exact) mass is 318 g/mol. The van der Waals surface area contributed by atoms with Crippen LogP contribution in [0.2, 0.25) is 0 Å². The highest BCUT2D eigenvalue weighted by molar-refractivity contribution is 5.77. The van der Waals surface area contributed by atoms with Gasteiger partial charge < -0.3 is 14.6 Å². The lowest BCUT2D eigenvalue weighted by atomic mass is 9.86. The maximum Gasteiger partial charge on any atom is 0.315 e. The van der Waals surface area contributed by atoms with Crippen molar-refractivity contribution in [3.05, 3.63) is 35.9 Å². The normalized spacial score (nSPS) is 15.0. The van der Waals surface area contributed by atoms with Gasteiger partial charge in [0.1, 0.15) is 6.10 Å². The molecule has 0 saturated carbocycles. The van der Waals surface area contributed by atoms with Crippen LogP contribution in [0.15, 0.2) is 30.3 Å². The van der Waals surface area contributed by atoms with E-state index < -0.39 is 23.7 Å². The molecule has 0 bridgehead atoms. The van der Waals surface area contributed by atoms with E-state index in [0.29, 0.717) is 6.61 Å². The highest BCUT2D eigenvalue weighted by Crippen LogP contribution is 2.27. The molecule has 23 heavy (non-hydrogen) atoms. The maximum atomic E-state index is 12.2. The van der Waals surface area contributed by atoms with Gasteiger partial charge in [-0.3, -0.25) is 4.79 Å². The number of aliphatic hydroxyl groups is 1. The third-order valence-corrected chi connectivity index (χ3v) is 3.61. The lowest BCUT2D eigenvalue weighted by Gasteiger charge is -2.31. The van der Waals surface area contributed by atoms with Gasteiger partial charge in [0.15, 0.2) is 0 Å². The summed E-state index contributed by atoms with van der Waals surface area (Å²) in [5.74, 6) is 5.67. The van der Waals surface area contributed by atoms with Crippen molar-refractivity contribution < 1.29 is 19.4 Å². The van der Waals surface area contributed by atoms with Gasteiger partial charge in [-0.05, 0) is 46.8 Å². The fourth-order valence-electron chi connectivity index (χ4n) is 1.81. The summed E-state index contributed by atoms with van der Waals surface area (Å²) in [6.07, 6.45) is -1.79. The summed E-state index contributed by atoms with van der Waals surface area (Å²) in [5, 5.41) is 9.67. The zero-order valence-electron chi connectivity index (χ0n) is 14.5. The van der Waals surface area contributed by atoms with Crippen LogP contribution in [-0.2, 0) is 14.3 Å². The molecule has 0 saturated heterocycles. The van der Waals surface area contributed by atoms with Crippen molar-refractivity contribution in [1.82, 2.24) is 0 Å². The molecule has 0 aromatic heterocycles. The zero-order valence-corrected chi connectivity index (χ0v) is 14.5. The molecule has 0 fully saturated rings. The number of hydrogen-bond donors (Lipinski definition) is 1. The predicted octanol–water partition coefficient (Wildman–Crippen LogP) is 2.78. The number of rotatable bonds is 6. The Kier molecular flexibility index (Phi) is 7.28. The van der Waals surface area contributed by atoms with Crippen molar-refractivity contribution in [3.8, 4) is 11.8 Å². The summed E-state index contributed by atoms with van der Waals surface area (Å²) >= 11 is 0. The number of hydrogen-bond acceptors (Lipinski definition) is 4. The molecule has 1 N–H and O–H groups in total. The van der Waals surface area contributed by atoms with Gasteiger partial charge in [-0.25, -0.2) is 0 Å². The Morgan fingerprint density at radius 1 is 1.26 bits per heavy atom. The molecular weight excluding hydrogens is 292 g/mol. The Labute approximate surface area is 138 Å². The molecule has 0 unspecified atom stereocenters. The van der Waals surface area contributed by atoms with Crippen LogP contribution in [0.5, 0.6) is 0 Å². The standard InChI is InChI=1S/C19H26O4/c1-6-22-18(21)19(4,5)17(23-15(3)14(2)20)13-12-16-10-8-7-9-11-16/h7-11,14-15,17,20H,6H2,1-5H3/t14-,15-,17+/m1/s1. The molecule has 0 heterocycles. The first-order chi connectivity index (χ1) is 10.8. The fourth-order valence-corrected chi connectivity index (χ4v) is 1.81. The Bertz CT molecular complexity index is 552. The van der Waals surface area contributed by atoms with Crippen LogP contribution >= 0.6 is 0 Å². The molecule has 3 atom stereocenters. The molecule has 1 aromatic rings. The van der Waals surface area contributed by atoms with Crippen LogP contribution in [0.4, 0.5) is 0 Å². The van der Waals surface area contributed by atoms with E-state index in [4.69, 9.17) is 9.47 Å². The second kappa shape index (κ2) is 8.71. The highest BCUT2D eigenvalue weighted by atomic mass is 16.5. The number of esters is 1. The van der Waals surface area contributed by atoms with E-state index in [1.807, 2.05) is 30.3 Å². The first-order valence-electron chi connectivity index (χ1n) is 7.86. The topological polar surface area (TPSA) is 55.8 Å². The number of carbonyl (C=O) groups is 1. The van der Waals surface area contributed by atoms with Crippen LogP contribution in [0.1, 0.15) is 40.2 Å². The Morgan fingerprint density at radius 3 is 2.39 bits per heavy atom. The zero-order chi connectivity index (χ0) is 17.5. The molecule has 0 aliphatic heterocycles. The largest absolute Gasteiger partial charge is 0.465 e. The van der Waals surface area contributed by atoms with E-state index in [1.165, 1.54) is 0 Å². The van der Waals surface area contributed by atoms with Crippen LogP contribution in [-0.4, -0.2) is 36.0 Å². The van der Waals surface area contributed by atoms with Gasteiger partial charge in [-0.1, -0.05) is 30.0 Å². The maximum absolute atomic E-state index is 12.2. The van der Waals surface area contributed by atoms with Gasteiger partial charge in [0.05, 0.1) is 24.2 Å². The smallest absolute Gasteiger partial charge is 0.315 e. The molecule has 0 spiro atoms. The van der Waals surface area contributed by atoms with Crippen LogP contribution < -0.4 is 0 Å². The summed E-state index contributed by atoms with van der Waals surface area (Å²) in [7, 11) is 0. The summed E-state index contributed by atoms with van der Waals surface area (Å²) < 4.78 is 11.0. The van der Waals surface area contributed by atoms with Crippen LogP contribution in [0.25, 0.3) is 0 Å². The molecule has 4 heteroatoms. The van der Waals surface area contributed by atoms with Crippen molar-refractivity contribution in [2.24, 2.45) is 5.41 Å². The minimum Gasteiger partial charge on any atom is -0.465 e. The number of benzene rings is 1. The van der Waals surface area contributed by atoms with Gasteiger partial charge in [0.25, 0.3) is 0 Å². The molecule has 126 valence electrons. The minimum absolute atomic E-state index is 0.299. The average molecular weight is 318 g/mol. The quantitative estimate of drug-likeness (QED) is 0.647. The van der Waals surface area contributed by atoms with E-state index >= 15 is 0 Å². The molecule has 0 aliphatic rings. The van der Waals surface area contributed by atoms with Gasteiger partial charge in [-0.2, -0.15) is 0 Å². The van der Waals surface area contributed by atoms with Gasteiger partial charge in [0.2, 0.25) is 0 Å². The fraction of sp³-hybridized carbons (Fsp3) is 0.526. The summed E-state index contributed by atoms with van der Waals surface area (Å²) in [5.41, 5.74) is -0.105. The predicted molar refractivity (Wildman–Crippen MR) is 89.7 cm³/mol.